The van der Waals surface area contributed by atoms with Crippen LogP contribution in [0.15, 0.2) is 17.6 Å². The molecule has 0 bridgehead atoms. The van der Waals surface area contributed by atoms with Gasteiger partial charge in [-0.05, 0) is 6.08 Å². The van der Waals surface area contributed by atoms with Crippen LogP contribution in [0.4, 0.5) is 4.79 Å². The lowest BCUT2D eigenvalue weighted by Gasteiger charge is -2.23. The predicted octanol–water partition coefficient (Wildman–Crippen LogP) is 1.10. The lowest BCUT2D eigenvalue weighted by molar-refractivity contribution is -0.0449. The molecule has 0 N–H and O–H groups in total. The number of carbonyl (C=O) groups is 1. The van der Waals surface area contributed by atoms with Gasteiger partial charge in [-0.2, -0.15) is 0 Å². The van der Waals surface area contributed by atoms with Crippen molar-refractivity contribution in [2.45, 2.75) is 18.8 Å². The molecule has 0 saturated heterocycles. The van der Waals surface area contributed by atoms with Crippen LogP contribution < -0.4 is 0 Å². The summed E-state index contributed by atoms with van der Waals surface area (Å²) in [6.45, 7) is 5.15. The van der Waals surface area contributed by atoms with Crippen LogP contribution >= 0.6 is 0 Å². The summed E-state index contributed by atoms with van der Waals surface area (Å²) in [7, 11) is 1.23. The van der Waals surface area contributed by atoms with E-state index < -0.39 is 18.0 Å². The van der Waals surface area contributed by atoms with E-state index in [1.807, 2.05) is 0 Å². The number of methoxy groups -OCH3 is 1. The summed E-state index contributed by atoms with van der Waals surface area (Å²) in [5.41, 5.74) is -1.06. The Balaban J connectivity index is 2.68. The fraction of sp³-hybridized carbons (Fsp3) is 0.500. The zero-order valence-corrected chi connectivity index (χ0v) is 7.52. The van der Waals surface area contributed by atoms with Crippen LogP contribution in [0.5, 0.6) is 0 Å². The summed E-state index contributed by atoms with van der Waals surface area (Å²) < 4.78 is 14.3. The van der Waals surface area contributed by atoms with Gasteiger partial charge in [0.25, 0.3) is 0 Å². The number of hydrogen-bond donors (Lipinski definition) is 0. The molecule has 1 aliphatic heterocycles. The third-order valence-electron chi connectivity index (χ3n) is 1.72. The second-order valence-corrected chi connectivity index (χ2v) is 2.64. The Kier molecular flexibility index (Phi) is 2.55. The third-order valence-corrected chi connectivity index (χ3v) is 1.72. The molecule has 0 aromatic rings. The molecular formula is C8H11NO4. The molecule has 5 heteroatoms. The van der Waals surface area contributed by atoms with Crippen LogP contribution in [0.2, 0.25) is 0 Å². The Morgan fingerprint density at radius 2 is 2.54 bits per heavy atom. The number of rotatable bonds is 2. The van der Waals surface area contributed by atoms with E-state index in [0.717, 1.165) is 0 Å². The molecule has 0 saturated carbocycles. The molecule has 2 atom stereocenters. The predicted molar refractivity (Wildman–Crippen MR) is 45.5 cm³/mol. The van der Waals surface area contributed by atoms with Crippen molar-refractivity contribution in [2.75, 3.05) is 7.11 Å². The van der Waals surface area contributed by atoms with Gasteiger partial charge in [0.1, 0.15) is 0 Å². The standard InChI is InChI=1S/C8H11NO4/c1-4-6-8(2,9-5-12-6)13-7(10)11-3/h4-6H,1H2,2-3H3. The Morgan fingerprint density at radius 1 is 1.85 bits per heavy atom. The largest absolute Gasteiger partial charge is 0.510 e. The molecule has 0 radical (unpaired) electrons. The van der Waals surface area contributed by atoms with E-state index >= 15 is 0 Å². The van der Waals surface area contributed by atoms with Gasteiger partial charge in [-0.15, -0.1) is 0 Å². The highest BCUT2D eigenvalue weighted by molar-refractivity contribution is 5.61. The van der Waals surface area contributed by atoms with E-state index in [1.165, 1.54) is 19.6 Å². The zero-order chi connectivity index (χ0) is 9.90. The summed E-state index contributed by atoms with van der Waals surface area (Å²) in [6.07, 6.45) is 1.48. The van der Waals surface area contributed by atoms with E-state index in [4.69, 9.17) is 9.47 Å². The molecule has 13 heavy (non-hydrogen) atoms. The molecule has 1 rings (SSSR count). The van der Waals surface area contributed by atoms with Gasteiger partial charge in [0, 0.05) is 6.92 Å². The third kappa shape index (κ3) is 1.80. The first-order valence-corrected chi connectivity index (χ1v) is 3.71. The highest BCUT2D eigenvalue weighted by Crippen LogP contribution is 2.25. The SMILES string of the molecule is C=CC1OC=NC1(C)OC(=O)OC. The van der Waals surface area contributed by atoms with Crippen LogP contribution in [0.3, 0.4) is 0 Å². The first-order valence-electron chi connectivity index (χ1n) is 3.71. The van der Waals surface area contributed by atoms with E-state index in [-0.39, 0.29) is 0 Å². The summed E-state index contributed by atoms with van der Waals surface area (Å²) >= 11 is 0. The number of aliphatic imine (C=N–C) groups is 1. The maximum atomic E-state index is 10.8. The highest BCUT2D eigenvalue weighted by atomic mass is 16.7. The van der Waals surface area contributed by atoms with Gasteiger partial charge in [0.15, 0.2) is 12.5 Å². The highest BCUT2D eigenvalue weighted by Gasteiger charge is 2.41. The smallest absolute Gasteiger partial charge is 0.470 e. The van der Waals surface area contributed by atoms with Crippen molar-refractivity contribution in [1.29, 1.82) is 0 Å². The fourth-order valence-corrected chi connectivity index (χ4v) is 0.969. The Bertz CT molecular complexity index is 251. The molecule has 2 unspecified atom stereocenters. The number of carbonyl (C=O) groups excluding carboxylic acids is 1. The van der Waals surface area contributed by atoms with Crippen molar-refractivity contribution in [2.24, 2.45) is 4.99 Å². The van der Waals surface area contributed by atoms with Gasteiger partial charge < -0.3 is 14.2 Å². The van der Waals surface area contributed by atoms with Gasteiger partial charge in [-0.1, -0.05) is 6.58 Å². The molecular weight excluding hydrogens is 174 g/mol. The average Bonchev–Trinajstić information content (AvgIpc) is 2.46. The molecule has 0 aromatic carbocycles. The maximum Gasteiger partial charge on any atom is 0.510 e. The maximum absolute atomic E-state index is 10.8. The van der Waals surface area contributed by atoms with Crippen molar-refractivity contribution in [1.82, 2.24) is 0 Å². The number of nitrogens with zero attached hydrogens (tertiary/aromatic N) is 1. The minimum atomic E-state index is -1.06. The molecule has 0 aromatic heterocycles. The van der Waals surface area contributed by atoms with Crippen LogP contribution in [0.25, 0.3) is 0 Å². The second-order valence-electron chi connectivity index (χ2n) is 2.64. The molecule has 0 spiro atoms. The molecule has 5 nitrogen and oxygen atoms in total. The second kappa shape index (κ2) is 3.47. The van der Waals surface area contributed by atoms with Gasteiger partial charge in [0.2, 0.25) is 5.72 Å². The summed E-state index contributed by atoms with van der Waals surface area (Å²) in [6, 6.07) is 0. The van der Waals surface area contributed by atoms with E-state index in [0.29, 0.717) is 0 Å². The normalized spacial score (nSPS) is 30.8. The molecule has 1 heterocycles. The van der Waals surface area contributed by atoms with Crippen LogP contribution in [0, 0.1) is 0 Å². The minimum Gasteiger partial charge on any atom is -0.470 e. The van der Waals surface area contributed by atoms with Gasteiger partial charge in [0.05, 0.1) is 7.11 Å². The van der Waals surface area contributed by atoms with Gasteiger partial charge >= 0.3 is 6.16 Å². The molecule has 0 amide bonds. The first kappa shape index (κ1) is 9.57. The van der Waals surface area contributed by atoms with Crippen molar-refractivity contribution in [3.63, 3.8) is 0 Å². The molecule has 72 valence electrons. The van der Waals surface area contributed by atoms with Crippen LogP contribution in [-0.4, -0.2) is 31.5 Å². The summed E-state index contributed by atoms with van der Waals surface area (Å²) in [5, 5.41) is 0. The van der Waals surface area contributed by atoms with Crippen molar-refractivity contribution in [3.05, 3.63) is 12.7 Å². The monoisotopic (exact) mass is 185 g/mol. The van der Waals surface area contributed by atoms with Crippen LogP contribution in [-0.2, 0) is 14.2 Å². The Hall–Kier alpha value is -1.52. The zero-order valence-electron chi connectivity index (χ0n) is 7.52. The van der Waals surface area contributed by atoms with Crippen molar-refractivity contribution < 1.29 is 19.0 Å². The molecule has 1 aliphatic rings. The fourth-order valence-electron chi connectivity index (χ4n) is 0.969. The van der Waals surface area contributed by atoms with Crippen molar-refractivity contribution >= 4 is 12.6 Å². The quantitative estimate of drug-likeness (QED) is 0.477. The minimum absolute atomic E-state index is 0.466. The van der Waals surface area contributed by atoms with E-state index in [2.05, 4.69) is 16.3 Å². The summed E-state index contributed by atoms with van der Waals surface area (Å²) in [4.78, 5) is 14.7. The van der Waals surface area contributed by atoms with Gasteiger partial charge in [-0.3, -0.25) is 0 Å². The number of ether oxygens (including phenoxy) is 3. The molecule has 0 aliphatic carbocycles. The van der Waals surface area contributed by atoms with Gasteiger partial charge in [-0.25, -0.2) is 9.79 Å². The first-order chi connectivity index (χ1) is 6.12. The summed E-state index contributed by atoms with van der Waals surface area (Å²) in [5.74, 6) is 0. The average molecular weight is 185 g/mol. The topological polar surface area (TPSA) is 57.1 Å². The van der Waals surface area contributed by atoms with E-state index in [9.17, 15) is 4.79 Å². The lowest BCUT2D eigenvalue weighted by Crippen LogP contribution is -2.38. The Morgan fingerprint density at radius 3 is 3.08 bits per heavy atom. The van der Waals surface area contributed by atoms with Crippen LogP contribution in [0.1, 0.15) is 6.92 Å². The van der Waals surface area contributed by atoms with Crippen molar-refractivity contribution in [3.8, 4) is 0 Å². The van der Waals surface area contributed by atoms with E-state index in [1.54, 1.807) is 6.92 Å². The Labute approximate surface area is 76.0 Å². The number of hydrogen-bond acceptors (Lipinski definition) is 5. The molecule has 0 fully saturated rings. The lowest BCUT2D eigenvalue weighted by atomic mass is 10.1.